The van der Waals surface area contributed by atoms with Crippen LogP contribution in [0.4, 0.5) is 13.2 Å². The summed E-state index contributed by atoms with van der Waals surface area (Å²) in [7, 11) is 0. The number of rotatable bonds is 12. The second-order valence-corrected chi connectivity index (χ2v) is 10.6. The van der Waals surface area contributed by atoms with Crippen molar-refractivity contribution >= 4 is 23.6 Å². The predicted octanol–water partition coefficient (Wildman–Crippen LogP) is 6.26. The van der Waals surface area contributed by atoms with Gasteiger partial charge in [0.2, 0.25) is 0 Å². The van der Waals surface area contributed by atoms with Gasteiger partial charge in [-0.25, -0.2) is 0 Å². The Bertz CT molecular complexity index is 1550. The molecule has 42 heavy (non-hydrogen) atoms. The number of furan rings is 1. The number of aryl methyl sites for hydroxylation is 1. The number of carboxylic acid groups (broad SMARTS) is 1. The molecule has 1 atom stereocenters. The van der Waals surface area contributed by atoms with Crippen LogP contribution in [0.2, 0.25) is 0 Å². The molecule has 0 radical (unpaired) electrons. The van der Waals surface area contributed by atoms with Gasteiger partial charge in [0, 0.05) is 11.1 Å². The van der Waals surface area contributed by atoms with E-state index in [-0.39, 0.29) is 31.0 Å². The lowest BCUT2D eigenvalue weighted by Gasteiger charge is -2.21. The first-order chi connectivity index (χ1) is 20.1. The van der Waals surface area contributed by atoms with Crippen molar-refractivity contribution in [2.24, 2.45) is 0 Å². The molecule has 0 aliphatic carbocycles. The molecule has 1 heterocycles. The number of ether oxygens (including phenoxy) is 1. The van der Waals surface area contributed by atoms with E-state index in [9.17, 15) is 27.9 Å². The summed E-state index contributed by atoms with van der Waals surface area (Å²) >= 11 is 1.47. The molecule has 0 unspecified atom stereocenters. The van der Waals surface area contributed by atoms with E-state index in [1.54, 1.807) is 24.3 Å². The van der Waals surface area contributed by atoms with Crippen LogP contribution in [0.3, 0.4) is 0 Å². The minimum Gasteiger partial charge on any atom is -0.548 e. The van der Waals surface area contributed by atoms with E-state index in [0.29, 0.717) is 22.6 Å². The standard InChI is InChI=1S/C32H30F3NO5S/c1-20-7-3-4-8-23(20)26-17-21(11-13-24(26)30(37)36-28(31(38)39)15-16-42-2)18-40-19-22-12-14-29(41-22)25-9-5-6-10-27(25)32(33,34)35/h3-14,17,28H,15-16,18-19H2,1-2H3,(H,36,37)(H,38,39)/p-1/t28-/m0/s1. The van der Waals surface area contributed by atoms with Crippen LogP contribution in [0.25, 0.3) is 22.5 Å². The Hall–Kier alpha value is -4.02. The number of nitrogens with one attached hydrogen (secondary N) is 1. The first kappa shape index (κ1) is 30.9. The molecule has 1 amide bonds. The predicted molar refractivity (Wildman–Crippen MR) is 154 cm³/mol. The maximum absolute atomic E-state index is 13.4. The van der Waals surface area contributed by atoms with Gasteiger partial charge in [-0.05, 0) is 77.9 Å². The Morgan fingerprint density at radius 3 is 2.36 bits per heavy atom. The molecule has 1 N–H and O–H groups in total. The summed E-state index contributed by atoms with van der Waals surface area (Å²) < 4.78 is 51.7. The van der Waals surface area contributed by atoms with Gasteiger partial charge in [0.25, 0.3) is 5.91 Å². The van der Waals surface area contributed by atoms with Gasteiger partial charge in [-0.15, -0.1) is 0 Å². The van der Waals surface area contributed by atoms with Crippen molar-refractivity contribution in [2.45, 2.75) is 38.8 Å². The monoisotopic (exact) mass is 596 g/mol. The maximum atomic E-state index is 13.4. The topological polar surface area (TPSA) is 91.6 Å². The first-order valence-electron chi connectivity index (χ1n) is 13.1. The van der Waals surface area contributed by atoms with Crippen molar-refractivity contribution in [2.75, 3.05) is 12.0 Å². The molecule has 1 aromatic heterocycles. The molecule has 4 rings (SSSR count). The molecule has 6 nitrogen and oxygen atoms in total. The summed E-state index contributed by atoms with van der Waals surface area (Å²) in [5.41, 5.74) is 2.54. The van der Waals surface area contributed by atoms with E-state index in [0.717, 1.165) is 22.8 Å². The van der Waals surface area contributed by atoms with Gasteiger partial charge in [0.1, 0.15) is 18.1 Å². The Kier molecular flexibility index (Phi) is 10.1. The Morgan fingerprint density at radius 2 is 1.67 bits per heavy atom. The summed E-state index contributed by atoms with van der Waals surface area (Å²) in [6, 6.07) is 19.8. The zero-order chi connectivity index (χ0) is 30.3. The lowest BCUT2D eigenvalue weighted by Crippen LogP contribution is -2.48. The number of carbonyl (C=O) groups excluding carboxylic acids is 2. The van der Waals surface area contributed by atoms with E-state index < -0.39 is 29.7 Å². The molecular weight excluding hydrogens is 567 g/mol. The van der Waals surface area contributed by atoms with Crippen molar-refractivity contribution in [3.05, 3.63) is 107 Å². The van der Waals surface area contributed by atoms with Crippen molar-refractivity contribution in [3.63, 3.8) is 0 Å². The number of benzene rings is 3. The highest BCUT2D eigenvalue weighted by Crippen LogP contribution is 2.37. The van der Waals surface area contributed by atoms with Crippen molar-refractivity contribution in [1.29, 1.82) is 0 Å². The van der Waals surface area contributed by atoms with Gasteiger partial charge in [-0.2, -0.15) is 24.9 Å². The number of carboxylic acids is 1. The summed E-state index contributed by atoms with van der Waals surface area (Å²) in [6.07, 6.45) is -2.43. The highest BCUT2D eigenvalue weighted by Gasteiger charge is 2.34. The van der Waals surface area contributed by atoms with E-state index in [4.69, 9.17) is 9.15 Å². The number of alkyl halides is 3. The van der Waals surface area contributed by atoms with Gasteiger partial charge in [0.05, 0.1) is 24.2 Å². The van der Waals surface area contributed by atoms with Gasteiger partial charge < -0.3 is 24.4 Å². The molecule has 4 aromatic rings. The van der Waals surface area contributed by atoms with Gasteiger partial charge in [0.15, 0.2) is 0 Å². The van der Waals surface area contributed by atoms with Crippen LogP contribution in [0.5, 0.6) is 0 Å². The van der Waals surface area contributed by atoms with Crippen LogP contribution in [-0.2, 0) is 28.9 Å². The molecule has 0 bridgehead atoms. The second kappa shape index (κ2) is 13.8. The van der Waals surface area contributed by atoms with Gasteiger partial charge >= 0.3 is 6.18 Å². The molecule has 220 valence electrons. The number of halogens is 3. The van der Waals surface area contributed by atoms with Crippen LogP contribution < -0.4 is 10.4 Å². The number of thioether (sulfide) groups is 1. The third-order valence-electron chi connectivity index (χ3n) is 6.64. The molecule has 0 aliphatic rings. The number of hydrogen-bond acceptors (Lipinski definition) is 6. The largest absolute Gasteiger partial charge is 0.548 e. The molecule has 0 fully saturated rings. The Balaban J connectivity index is 1.52. The zero-order valence-electron chi connectivity index (χ0n) is 23.0. The number of hydrogen-bond donors (Lipinski definition) is 1. The molecule has 0 spiro atoms. The van der Waals surface area contributed by atoms with Crippen LogP contribution in [-0.4, -0.2) is 29.9 Å². The summed E-state index contributed by atoms with van der Waals surface area (Å²) in [4.78, 5) is 24.8. The summed E-state index contributed by atoms with van der Waals surface area (Å²) in [5, 5.41) is 14.2. The SMILES string of the molecule is CSCC[C@H](NC(=O)c1ccc(COCc2ccc(-c3ccccc3C(F)(F)F)o2)cc1-c1ccccc1C)C(=O)[O-]. The highest BCUT2D eigenvalue weighted by atomic mass is 32.2. The van der Waals surface area contributed by atoms with Crippen LogP contribution in [0.1, 0.15) is 39.2 Å². The van der Waals surface area contributed by atoms with Gasteiger partial charge in [-0.1, -0.05) is 48.5 Å². The Labute approximate surface area is 245 Å². The molecular formula is C32H29F3NO5S-. The number of amides is 1. The third kappa shape index (κ3) is 7.63. The number of carbonyl (C=O) groups is 2. The highest BCUT2D eigenvalue weighted by molar-refractivity contribution is 7.98. The first-order valence-corrected chi connectivity index (χ1v) is 14.5. The van der Waals surface area contributed by atoms with Crippen LogP contribution in [0.15, 0.2) is 83.3 Å². The van der Waals surface area contributed by atoms with E-state index >= 15 is 0 Å². The summed E-state index contributed by atoms with van der Waals surface area (Å²) in [6.45, 7) is 2.05. The minimum atomic E-state index is -4.52. The molecule has 0 saturated carbocycles. The van der Waals surface area contributed by atoms with Crippen LogP contribution in [0, 0.1) is 6.92 Å². The minimum absolute atomic E-state index is 0.0128. The van der Waals surface area contributed by atoms with Gasteiger partial charge in [-0.3, -0.25) is 4.79 Å². The fraction of sp³-hybridized carbons (Fsp3) is 0.250. The smallest absolute Gasteiger partial charge is 0.417 e. The molecule has 3 aromatic carbocycles. The number of aliphatic carboxylic acids is 1. The third-order valence-corrected chi connectivity index (χ3v) is 7.28. The summed E-state index contributed by atoms with van der Waals surface area (Å²) in [5.74, 6) is -0.880. The average molecular weight is 597 g/mol. The average Bonchev–Trinajstić information content (AvgIpc) is 3.43. The van der Waals surface area contributed by atoms with Crippen molar-refractivity contribution < 1.29 is 37.0 Å². The maximum Gasteiger partial charge on any atom is 0.417 e. The van der Waals surface area contributed by atoms with Crippen molar-refractivity contribution in [3.8, 4) is 22.5 Å². The zero-order valence-corrected chi connectivity index (χ0v) is 23.8. The molecule has 10 heteroatoms. The fourth-order valence-electron chi connectivity index (χ4n) is 4.51. The fourth-order valence-corrected chi connectivity index (χ4v) is 4.98. The van der Waals surface area contributed by atoms with Crippen LogP contribution >= 0.6 is 11.8 Å². The normalized spacial score (nSPS) is 12.2. The Morgan fingerprint density at radius 1 is 0.952 bits per heavy atom. The van der Waals surface area contributed by atoms with E-state index in [1.807, 2.05) is 37.4 Å². The van der Waals surface area contributed by atoms with E-state index in [2.05, 4.69) is 5.32 Å². The molecule has 0 aliphatic heterocycles. The molecule has 0 saturated heterocycles. The quantitative estimate of drug-likeness (QED) is 0.208. The van der Waals surface area contributed by atoms with Crippen molar-refractivity contribution in [1.82, 2.24) is 5.32 Å². The second-order valence-electron chi connectivity index (χ2n) is 9.62. The lowest BCUT2D eigenvalue weighted by molar-refractivity contribution is -0.308. The lowest BCUT2D eigenvalue weighted by atomic mass is 9.93. The van der Waals surface area contributed by atoms with E-state index in [1.165, 1.54) is 36.0 Å².